The van der Waals surface area contributed by atoms with Crippen LogP contribution in [0.3, 0.4) is 0 Å². The maximum absolute atomic E-state index is 5.77. The van der Waals surface area contributed by atoms with Crippen LogP contribution in [0, 0.1) is 0 Å². The van der Waals surface area contributed by atoms with Gasteiger partial charge in [-0.25, -0.2) is 4.98 Å². The molecule has 0 N–H and O–H groups in total. The molecule has 0 unspecified atom stereocenters. The molecule has 0 saturated heterocycles. The third-order valence-electron chi connectivity index (χ3n) is 2.77. The van der Waals surface area contributed by atoms with Gasteiger partial charge < -0.3 is 14.0 Å². The fraction of sp³-hybridized carbons (Fsp3) is 0.400. The van der Waals surface area contributed by atoms with Crippen LogP contribution in [0.25, 0.3) is 0 Å². The summed E-state index contributed by atoms with van der Waals surface area (Å²) < 4.78 is 13.5. The standard InChI is InChI=1S/C15H20N2O2/c1-2-3-11-18-14-6-4-5-7-15(14)19-12-10-17-9-8-16-13-17/h4-9,13H,2-3,10-12H2,1H3. The second-order valence-electron chi connectivity index (χ2n) is 4.30. The van der Waals surface area contributed by atoms with Gasteiger partial charge in [-0.15, -0.1) is 0 Å². The minimum absolute atomic E-state index is 0.602. The molecule has 1 heterocycles. The molecule has 2 rings (SSSR count). The first-order valence-corrected chi connectivity index (χ1v) is 6.70. The maximum Gasteiger partial charge on any atom is 0.161 e. The van der Waals surface area contributed by atoms with Crippen molar-refractivity contribution in [3.8, 4) is 11.5 Å². The molecule has 4 nitrogen and oxygen atoms in total. The van der Waals surface area contributed by atoms with Crippen LogP contribution >= 0.6 is 0 Å². The monoisotopic (exact) mass is 260 g/mol. The number of unbranched alkanes of at least 4 members (excludes halogenated alkanes) is 1. The molecule has 1 aromatic carbocycles. The topological polar surface area (TPSA) is 36.3 Å². The second kappa shape index (κ2) is 7.46. The molecule has 0 fully saturated rings. The van der Waals surface area contributed by atoms with Gasteiger partial charge in [0.05, 0.1) is 19.5 Å². The predicted octanol–water partition coefficient (Wildman–Crippen LogP) is 3.14. The number of benzene rings is 1. The zero-order valence-electron chi connectivity index (χ0n) is 11.3. The van der Waals surface area contributed by atoms with Crippen molar-refractivity contribution in [1.82, 2.24) is 9.55 Å². The summed E-state index contributed by atoms with van der Waals surface area (Å²) in [6.45, 7) is 4.27. The van der Waals surface area contributed by atoms with E-state index in [4.69, 9.17) is 9.47 Å². The van der Waals surface area contributed by atoms with E-state index in [9.17, 15) is 0 Å². The average molecular weight is 260 g/mol. The molecule has 102 valence electrons. The van der Waals surface area contributed by atoms with E-state index < -0.39 is 0 Å². The highest BCUT2D eigenvalue weighted by Gasteiger charge is 2.03. The summed E-state index contributed by atoms with van der Waals surface area (Å²) >= 11 is 0. The first-order chi connectivity index (χ1) is 9.40. The Bertz CT molecular complexity index is 469. The molecule has 0 bridgehead atoms. The van der Waals surface area contributed by atoms with Gasteiger partial charge in [0.1, 0.15) is 6.61 Å². The lowest BCUT2D eigenvalue weighted by Gasteiger charge is -2.12. The summed E-state index contributed by atoms with van der Waals surface area (Å²) in [7, 11) is 0. The van der Waals surface area contributed by atoms with E-state index in [2.05, 4.69) is 11.9 Å². The van der Waals surface area contributed by atoms with Crippen LogP contribution in [0.5, 0.6) is 11.5 Å². The lowest BCUT2D eigenvalue weighted by Crippen LogP contribution is -2.07. The number of nitrogens with zero attached hydrogens (tertiary/aromatic N) is 2. The molecule has 0 aliphatic rings. The van der Waals surface area contributed by atoms with Crippen LogP contribution in [-0.4, -0.2) is 22.8 Å². The summed E-state index contributed by atoms with van der Waals surface area (Å²) in [4.78, 5) is 4.00. The Morgan fingerprint density at radius 2 is 1.84 bits per heavy atom. The molecule has 4 heteroatoms. The number of aromatic nitrogens is 2. The summed E-state index contributed by atoms with van der Waals surface area (Å²) in [5.41, 5.74) is 0. The first-order valence-electron chi connectivity index (χ1n) is 6.70. The van der Waals surface area contributed by atoms with Gasteiger partial charge in [0.15, 0.2) is 11.5 Å². The normalized spacial score (nSPS) is 10.4. The highest BCUT2D eigenvalue weighted by atomic mass is 16.5. The van der Waals surface area contributed by atoms with Crippen LogP contribution in [0.4, 0.5) is 0 Å². The maximum atomic E-state index is 5.77. The average Bonchev–Trinajstić information content (AvgIpc) is 2.94. The van der Waals surface area contributed by atoms with Crippen molar-refractivity contribution in [2.75, 3.05) is 13.2 Å². The highest BCUT2D eigenvalue weighted by Crippen LogP contribution is 2.26. The molecule has 0 atom stereocenters. The zero-order valence-corrected chi connectivity index (χ0v) is 11.3. The van der Waals surface area contributed by atoms with Crippen LogP contribution < -0.4 is 9.47 Å². The van der Waals surface area contributed by atoms with Crippen LogP contribution in [0.1, 0.15) is 19.8 Å². The Morgan fingerprint density at radius 3 is 2.47 bits per heavy atom. The Kier molecular flexibility index (Phi) is 5.29. The number of hydrogen-bond acceptors (Lipinski definition) is 3. The number of imidazole rings is 1. The summed E-state index contributed by atoms with van der Waals surface area (Å²) in [5.74, 6) is 1.63. The van der Waals surface area contributed by atoms with Crippen LogP contribution in [0.2, 0.25) is 0 Å². The van der Waals surface area contributed by atoms with E-state index in [0.29, 0.717) is 6.61 Å². The second-order valence-corrected chi connectivity index (χ2v) is 4.30. The van der Waals surface area contributed by atoms with E-state index in [1.54, 1.807) is 12.5 Å². The fourth-order valence-corrected chi connectivity index (χ4v) is 1.70. The molecule has 1 aromatic heterocycles. The van der Waals surface area contributed by atoms with Gasteiger partial charge in [-0.2, -0.15) is 0 Å². The van der Waals surface area contributed by atoms with Gasteiger partial charge >= 0.3 is 0 Å². The largest absolute Gasteiger partial charge is 0.490 e. The SMILES string of the molecule is CCCCOc1ccccc1OCCn1ccnc1. The Balaban J connectivity index is 1.84. The van der Waals surface area contributed by atoms with Crippen LogP contribution in [0.15, 0.2) is 43.0 Å². The van der Waals surface area contributed by atoms with E-state index in [0.717, 1.165) is 37.5 Å². The van der Waals surface area contributed by atoms with Crippen molar-refractivity contribution >= 4 is 0 Å². The molecular formula is C15H20N2O2. The Labute approximate surface area is 114 Å². The summed E-state index contributed by atoms with van der Waals surface area (Å²) in [6.07, 6.45) is 7.66. The smallest absolute Gasteiger partial charge is 0.161 e. The number of hydrogen-bond donors (Lipinski definition) is 0. The lowest BCUT2D eigenvalue weighted by molar-refractivity contribution is 0.257. The molecule has 2 aromatic rings. The van der Waals surface area contributed by atoms with Gasteiger partial charge in [0.2, 0.25) is 0 Å². The Hall–Kier alpha value is -1.97. The first kappa shape index (κ1) is 13.5. The number of para-hydroxylation sites is 2. The minimum Gasteiger partial charge on any atom is -0.490 e. The molecular weight excluding hydrogens is 240 g/mol. The van der Waals surface area contributed by atoms with E-state index in [-0.39, 0.29) is 0 Å². The Morgan fingerprint density at radius 1 is 1.11 bits per heavy atom. The van der Waals surface area contributed by atoms with Gasteiger partial charge in [0.25, 0.3) is 0 Å². The lowest BCUT2D eigenvalue weighted by atomic mass is 10.3. The molecule has 0 aliphatic heterocycles. The van der Waals surface area contributed by atoms with E-state index in [1.807, 2.05) is 35.0 Å². The molecule has 19 heavy (non-hydrogen) atoms. The molecule has 0 aliphatic carbocycles. The number of ether oxygens (including phenoxy) is 2. The van der Waals surface area contributed by atoms with Crippen molar-refractivity contribution in [1.29, 1.82) is 0 Å². The van der Waals surface area contributed by atoms with Crippen molar-refractivity contribution in [3.05, 3.63) is 43.0 Å². The fourth-order valence-electron chi connectivity index (χ4n) is 1.70. The summed E-state index contributed by atoms with van der Waals surface area (Å²) in [5, 5.41) is 0. The zero-order chi connectivity index (χ0) is 13.3. The van der Waals surface area contributed by atoms with Gasteiger partial charge in [-0.3, -0.25) is 0 Å². The predicted molar refractivity (Wildman–Crippen MR) is 74.6 cm³/mol. The minimum atomic E-state index is 0.602. The third-order valence-corrected chi connectivity index (χ3v) is 2.77. The molecule has 0 spiro atoms. The van der Waals surface area contributed by atoms with Crippen molar-refractivity contribution in [2.45, 2.75) is 26.3 Å². The van der Waals surface area contributed by atoms with E-state index >= 15 is 0 Å². The highest BCUT2D eigenvalue weighted by molar-refractivity contribution is 5.39. The third kappa shape index (κ3) is 4.32. The van der Waals surface area contributed by atoms with Gasteiger partial charge in [0, 0.05) is 12.4 Å². The molecule has 0 saturated carbocycles. The van der Waals surface area contributed by atoms with Crippen molar-refractivity contribution < 1.29 is 9.47 Å². The van der Waals surface area contributed by atoms with Crippen LogP contribution in [-0.2, 0) is 6.54 Å². The summed E-state index contributed by atoms with van der Waals surface area (Å²) in [6, 6.07) is 7.81. The molecule has 0 radical (unpaired) electrons. The van der Waals surface area contributed by atoms with Crippen molar-refractivity contribution in [3.63, 3.8) is 0 Å². The number of rotatable bonds is 8. The molecule has 0 amide bonds. The van der Waals surface area contributed by atoms with Crippen molar-refractivity contribution in [2.24, 2.45) is 0 Å². The quantitative estimate of drug-likeness (QED) is 0.684. The van der Waals surface area contributed by atoms with Gasteiger partial charge in [-0.1, -0.05) is 25.5 Å². The van der Waals surface area contributed by atoms with E-state index in [1.165, 1.54) is 0 Å². The van der Waals surface area contributed by atoms with Gasteiger partial charge in [-0.05, 0) is 18.6 Å².